The molecule has 2 aromatic heterocycles. The maximum Gasteiger partial charge on any atom is 0.275 e. The summed E-state index contributed by atoms with van der Waals surface area (Å²) in [7, 11) is 0. The number of carbonyl (C=O) groups is 1. The number of hydrogen-bond donors (Lipinski definition) is 1. The van der Waals surface area contributed by atoms with E-state index in [4.69, 9.17) is 11.6 Å². The van der Waals surface area contributed by atoms with Crippen molar-refractivity contribution in [3.05, 3.63) is 64.7 Å². The smallest absolute Gasteiger partial charge is 0.275 e. The van der Waals surface area contributed by atoms with Gasteiger partial charge in [0, 0.05) is 24.6 Å². The maximum absolute atomic E-state index is 12.6. The molecule has 3 rings (SSSR count). The fourth-order valence-corrected chi connectivity index (χ4v) is 2.75. The molecule has 6 nitrogen and oxygen atoms in total. The first-order valence-electron chi connectivity index (χ1n) is 7.69. The van der Waals surface area contributed by atoms with Gasteiger partial charge in [-0.2, -0.15) is 10.2 Å². The zero-order chi connectivity index (χ0) is 17.1. The minimum absolute atomic E-state index is 0.265. The van der Waals surface area contributed by atoms with Crippen LogP contribution in [-0.2, 0) is 13.1 Å². The second-order valence-electron chi connectivity index (χ2n) is 5.42. The van der Waals surface area contributed by atoms with Crippen LogP contribution in [0, 0.1) is 6.92 Å². The van der Waals surface area contributed by atoms with Crippen LogP contribution in [0.1, 0.15) is 28.7 Å². The predicted molar refractivity (Wildman–Crippen MR) is 93.4 cm³/mol. The Morgan fingerprint density at radius 1 is 1.33 bits per heavy atom. The highest BCUT2D eigenvalue weighted by atomic mass is 35.5. The Morgan fingerprint density at radius 2 is 2.17 bits per heavy atom. The van der Waals surface area contributed by atoms with Crippen LogP contribution in [0.15, 0.2) is 42.7 Å². The molecule has 0 fully saturated rings. The summed E-state index contributed by atoms with van der Waals surface area (Å²) in [6, 6.07) is 9.54. The molecule has 0 aliphatic rings. The lowest BCUT2D eigenvalue weighted by Gasteiger charge is -2.09. The molecule has 0 aliphatic heterocycles. The summed E-state index contributed by atoms with van der Waals surface area (Å²) in [5.41, 5.74) is 2.79. The van der Waals surface area contributed by atoms with Gasteiger partial charge in [-0.15, -0.1) is 0 Å². The average molecular weight is 344 g/mol. The first-order valence-corrected chi connectivity index (χ1v) is 8.07. The molecule has 124 valence electrons. The lowest BCUT2D eigenvalue weighted by atomic mass is 10.2. The quantitative estimate of drug-likeness (QED) is 0.772. The Bertz CT molecular complexity index is 854. The minimum atomic E-state index is -0.265. The fraction of sp³-hybridized carbons (Fsp3) is 0.235. The minimum Gasteiger partial charge on any atom is -0.321 e. The second-order valence-corrected chi connectivity index (χ2v) is 5.80. The van der Waals surface area contributed by atoms with Gasteiger partial charge in [0.15, 0.2) is 0 Å². The van der Waals surface area contributed by atoms with Gasteiger partial charge in [-0.05, 0) is 37.6 Å². The molecule has 24 heavy (non-hydrogen) atoms. The van der Waals surface area contributed by atoms with Crippen molar-refractivity contribution >= 4 is 23.2 Å². The van der Waals surface area contributed by atoms with E-state index >= 15 is 0 Å². The topological polar surface area (TPSA) is 64.7 Å². The number of halogens is 1. The van der Waals surface area contributed by atoms with Crippen molar-refractivity contribution in [3.63, 3.8) is 0 Å². The highest BCUT2D eigenvalue weighted by Crippen LogP contribution is 2.22. The molecule has 3 aromatic rings. The third kappa shape index (κ3) is 3.33. The van der Waals surface area contributed by atoms with Crippen LogP contribution < -0.4 is 5.32 Å². The molecule has 0 aliphatic carbocycles. The van der Waals surface area contributed by atoms with Crippen molar-refractivity contribution < 1.29 is 4.79 Å². The highest BCUT2D eigenvalue weighted by Gasteiger charge is 2.19. The van der Waals surface area contributed by atoms with Crippen LogP contribution >= 0.6 is 11.6 Å². The van der Waals surface area contributed by atoms with Crippen LogP contribution in [0.4, 0.5) is 5.69 Å². The first kappa shape index (κ1) is 16.3. The summed E-state index contributed by atoms with van der Waals surface area (Å²) in [5.74, 6) is -0.265. The molecule has 0 saturated carbocycles. The van der Waals surface area contributed by atoms with E-state index < -0.39 is 0 Å². The van der Waals surface area contributed by atoms with Gasteiger partial charge in [-0.25, -0.2) is 0 Å². The fourth-order valence-electron chi connectivity index (χ4n) is 2.52. The third-order valence-corrected chi connectivity index (χ3v) is 4.11. The van der Waals surface area contributed by atoms with E-state index in [2.05, 4.69) is 15.5 Å². The molecule has 7 heteroatoms. The van der Waals surface area contributed by atoms with Crippen molar-refractivity contribution in [2.24, 2.45) is 0 Å². The molecule has 0 spiro atoms. The molecule has 2 heterocycles. The zero-order valence-corrected chi connectivity index (χ0v) is 14.3. The second kappa shape index (κ2) is 6.88. The number of hydrogen-bond acceptors (Lipinski definition) is 3. The molecule has 1 N–H and O–H groups in total. The van der Waals surface area contributed by atoms with Gasteiger partial charge in [0.25, 0.3) is 5.91 Å². The van der Waals surface area contributed by atoms with Crippen LogP contribution in [0.5, 0.6) is 0 Å². The highest BCUT2D eigenvalue weighted by molar-refractivity contribution is 6.34. The summed E-state index contributed by atoms with van der Waals surface area (Å²) < 4.78 is 3.44. The molecular formula is C17H18ClN5O. The molecular weight excluding hydrogens is 326 g/mol. The lowest BCUT2D eigenvalue weighted by Crippen LogP contribution is -2.18. The van der Waals surface area contributed by atoms with Gasteiger partial charge in [-0.1, -0.05) is 23.7 Å². The van der Waals surface area contributed by atoms with Crippen molar-refractivity contribution in [2.45, 2.75) is 26.9 Å². The third-order valence-electron chi connectivity index (χ3n) is 3.66. The molecule has 1 amide bonds. The number of anilines is 1. The summed E-state index contributed by atoms with van der Waals surface area (Å²) in [6.45, 7) is 4.93. The molecule has 0 saturated heterocycles. The number of aromatic nitrogens is 4. The van der Waals surface area contributed by atoms with Crippen LogP contribution in [0.3, 0.4) is 0 Å². The molecule has 1 aromatic carbocycles. The number of aryl methyl sites for hydroxylation is 2. The Hall–Kier alpha value is -2.60. The SMILES string of the molecule is CCn1nc(C)c(Cl)c1C(=O)Nc1cccc(Cn2cccn2)c1. The van der Waals surface area contributed by atoms with E-state index in [1.807, 2.05) is 48.1 Å². The zero-order valence-electron chi connectivity index (χ0n) is 13.5. The molecule has 0 atom stereocenters. The van der Waals surface area contributed by atoms with Crippen molar-refractivity contribution in [3.8, 4) is 0 Å². The molecule has 0 unspecified atom stereocenters. The summed E-state index contributed by atoms with van der Waals surface area (Å²) in [6.07, 6.45) is 3.63. The largest absolute Gasteiger partial charge is 0.321 e. The molecule has 0 radical (unpaired) electrons. The standard InChI is InChI=1S/C17H18ClN5O/c1-3-23-16(15(18)12(2)21-23)17(24)20-14-7-4-6-13(10-14)11-22-9-5-8-19-22/h4-10H,3,11H2,1-2H3,(H,20,24). The number of nitrogens with one attached hydrogen (secondary N) is 1. The van der Waals surface area contributed by atoms with Crippen LogP contribution in [0.2, 0.25) is 5.02 Å². The van der Waals surface area contributed by atoms with Crippen molar-refractivity contribution in [1.29, 1.82) is 0 Å². The van der Waals surface area contributed by atoms with Crippen molar-refractivity contribution in [2.75, 3.05) is 5.32 Å². The van der Waals surface area contributed by atoms with Gasteiger partial charge in [-0.3, -0.25) is 14.2 Å². The van der Waals surface area contributed by atoms with Crippen LogP contribution in [-0.4, -0.2) is 25.5 Å². The Balaban J connectivity index is 1.80. The number of amides is 1. The van der Waals surface area contributed by atoms with Crippen molar-refractivity contribution in [1.82, 2.24) is 19.6 Å². The number of carbonyl (C=O) groups excluding carboxylic acids is 1. The van der Waals surface area contributed by atoms with E-state index in [-0.39, 0.29) is 5.91 Å². The number of nitrogens with zero attached hydrogens (tertiary/aromatic N) is 4. The normalized spacial score (nSPS) is 10.8. The van der Waals surface area contributed by atoms with Gasteiger partial charge in [0.1, 0.15) is 5.69 Å². The maximum atomic E-state index is 12.6. The van der Waals surface area contributed by atoms with Gasteiger partial charge < -0.3 is 5.32 Å². The van der Waals surface area contributed by atoms with Gasteiger partial charge >= 0.3 is 0 Å². The average Bonchev–Trinajstić information content (AvgIpc) is 3.16. The summed E-state index contributed by atoms with van der Waals surface area (Å²) in [5, 5.41) is 11.7. The van der Waals surface area contributed by atoms with E-state index in [0.29, 0.717) is 35.2 Å². The van der Waals surface area contributed by atoms with Gasteiger partial charge in [0.05, 0.1) is 17.3 Å². The lowest BCUT2D eigenvalue weighted by molar-refractivity contribution is 0.101. The monoisotopic (exact) mass is 343 g/mol. The van der Waals surface area contributed by atoms with E-state index in [0.717, 1.165) is 5.56 Å². The number of benzene rings is 1. The molecule has 0 bridgehead atoms. The van der Waals surface area contributed by atoms with E-state index in [9.17, 15) is 4.79 Å². The predicted octanol–water partition coefficient (Wildman–Crippen LogP) is 3.36. The Kier molecular flexibility index (Phi) is 4.66. The number of rotatable bonds is 5. The van der Waals surface area contributed by atoms with Gasteiger partial charge in [0.2, 0.25) is 0 Å². The van der Waals surface area contributed by atoms with Crippen LogP contribution in [0.25, 0.3) is 0 Å². The van der Waals surface area contributed by atoms with E-state index in [1.54, 1.807) is 17.8 Å². The Morgan fingerprint density at radius 3 is 2.88 bits per heavy atom. The summed E-state index contributed by atoms with van der Waals surface area (Å²) >= 11 is 6.22. The first-order chi connectivity index (χ1) is 11.6. The Labute approximate surface area is 145 Å². The summed E-state index contributed by atoms with van der Waals surface area (Å²) in [4.78, 5) is 12.6. The van der Waals surface area contributed by atoms with E-state index in [1.165, 1.54) is 0 Å².